The summed E-state index contributed by atoms with van der Waals surface area (Å²) in [4.78, 5) is 2.65. The van der Waals surface area contributed by atoms with Gasteiger partial charge in [-0.05, 0) is 31.9 Å². The van der Waals surface area contributed by atoms with Crippen LogP contribution in [-0.2, 0) is 0 Å². The summed E-state index contributed by atoms with van der Waals surface area (Å²) < 4.78 is 0. The molecule has 2 aliphatic rings. The van der Waals surface area contributed by atoms with Crippen molar-refractivity contribution < 1.29 is 0 Å². The first-order valence-corrected chi connectivity index (χ1v) is 7.63. The summed E-state index contributed by atoms with van der Waals surface area (Å²) >= 11 is 0. The van der Waals surface area contributed by atoms with E-state index in [-0.39, 0.29) is 0 Å². The highest BCUT2D eigenvalue weighted by Crippen LogP contribution is 2.30. The maximum absolute atomic E-state index is 4.20. The van der Waals surface area contributed by atoms with Gasteiger partial charge in [0.05, 0.1) is 17.4 Å². The van der Waals surface area contributed by atoms with Crippen LogP contribution in [0.25, 0.3) is 10.9 Å². The molecule has 4 rings (SSSR count). The average Bonchev–Trinajstić information content (AvgIpc) is 2.91. The average molecular weight is 268 g/mol. The maximum Gasteiger partial charge on any atom is 0.0950 e. The van der Waals surface area contributed by atoms with Crippen LogP contribution >= 0.6 is 0 Å². The van der Waals surface area contributed by atoms with E-state index in [1.165, 1.54) is 44.2 Å². The Morgan fingerprint density at radius 3 is 3.05 bits per heavy atom. The van der Waals surface area contributed by atoms with Gasteiger partial charge in [0.25, 0.3) is 0 Å². The molecule has 3 heterocycles. The van der Waals surface area contributed by atoms with Gasteiger partial charge in [-0.25, -0.2) is 0 Å². The van der Waals surface area contributed by atoms with Gasteiger partial charge in [0.2, 0.25) is 0 Å². The lowest BCUT2D eigenvalue weighted by molar-refractivity contribution is 0.193. The van der Waals surface area contributed by atoms with E-state index in [9.17, 15) is 0 Å². The van der Waals surface area contributed by atoms with E-state index in [0.717, 1.165) is 11.2 Å². The van der Waals surface area contributed by atoms with Crippen LogP contribution in [0.5, 0.6) is 0 Å². The number of rotatable bonds is 2. The third-order valence-corrected chi connectivity index (χ3v) is 4.74. The molecular weight excluding hydrogens is 248 g/mol. The normalized spacial score (nSPS) is 26.6. The van der Waals surface area contributed by atoms with Crippen molar-refractivity contribution in [3.63, 3.8) is 0 Å². The molecule has 0 saturated carbocycles. The molecule has 0 radical (unpaired) electrons. The Labute approximate surface area is 119 Å². The molecule has 0 amide bonds. The van der Waals surface area contributed by atoms with E-state index in [2.05, 4.69) is 32.5 Å². The summed E-state index contributed by atoms with van der Waals surface area (Å²) in [6.07, 6.45) is 7.17. The summed E-state index contributed by atoms with van der Waals surface area (Å²) in [5, 5.41) is 13.2. The van der Waals surface area contributed by atoms with Crippen LogP contribution in [0.1, 0.15) is 25.7 Å². The van der Waals surface area contributed by atoms with Crippen molar-refractivity contribution in [3.05, 3.63) is 30.5 Å². The standard InChI is InChI=1S/C16H20N4/c1-2-6-13-12(5-1)15(11-17-19-13)18-14-8-10-20-9-4-3-7-16(14)20/h1-2,5-6,11,14,16H,3-4,7-10H2,(H,18,19). The summed E-state index contributed by atoms with van der Waals surface area (Å²) in [6, 6.07) is 9.49. The van der Waals surface area contributed by atoms with E-state index in [0.29, 0.717) is 12.1 Å². The molecule has 2 atom stereocenters. The van der Waals surface area contributed by atoms with Crippen molar-refractivity contribution in [3.8, 4) is 0 Å². The number of benzene rings is 1. The van der Waals surface area contributed by atoms with E-state index in [4.69, 9.17) is 0 Å². The number of hydrogen-bond acceptors (Lipinski definition) is 4. The summed E-state index contributed by atoms with van der Waals surface area (Å²) in [6.45, 7) is 2.51. The number of piperidine rings is 1. The monoisotopic (exact) mass is 268 g/mol. The highest BCUT2D eigenvalue weighted by Gasteiger charge is 2.35. The smallest absolute Gasteiger partial charge is 0.0950 e. The van der Waals surface area contributed by atoms with Crippen LogP contribution < -0.4 is 5.32 Å². The molecule has 0 bridgehead atoms. The molecule has 1 N–H and O–H groups in total. The fraction of sp³-hybridized carbons (Fsp3) is 0.500. The van der Waals surface area contributed by atoms with Gasteiger partial charge >= 0.3 is 0 Å². The largest absolute Gasteiger partial charge is 0.379 e. The third-order valence-electron chi connectivity index (χ3n) is 4.74. The predicted octanol–water partition coefficient (Wildman–Crippen LogP) is 2.67. The van der Waals surface area contributed by atoms with E-state index in [1.807, 2.05) is 18.3 Å². The molecule has 4 nitrogen and oxygen atoms in total. The van der Waals surface area contributed by atoms with Crippen LogP contribution in [0.3, 0.4) is 0 Å². The molecule has 104 valence electrons. The van der Waals surface area contributed by atoms with Crippen molar-refractivity contribution >= 4 is 16.6 Å². The van der Waals surface area contributed by atoms with Gasteiger partial charge in [0.15, 0.2) is 0 Å². The number of aromatic nitrogens is 2. The van der Waals surface area contributed by atoms with Gasteiger partial charge in [-0.2, -0.15) is 10.2 Å². The number of nitrogens with one attached hydrogen (secondary N) is 1. The molecule has 1 aromatic carbocycles. The second kappa shape index (κ2) is 5.02. The summed E-state index contributed by atoms with van der Waals surface area (Å²) in [5.41, 5.74) is 2.10. The Kier molecular flexibility index (Phi) is 3.03. The molecule has 0 spiro atoms. The Hall–Kier alpha value is -1.68. The van der Waals surface area contributed by atoms with Crippen molar-refractivity contribution in [2.75, 3.05) is 18.4 Å². The van der Waals surface area contributed by atoms with Gasteiger partial charge < -0.3 is 5.32 Å². The molecular formula is C16H20N4. The van der Waals surface area contributed by atoms with Gasteiger partial charge in [0, 0.05) is 24.0 Å². The van der Waals surface area contributed by atoms with Crippen LogP contribution in [0.4, 0.5) is 5.69 Å². The molecule has 2 saturated heterocycles. The third kappa shape index (κ3) is 2.04. The van der Waals surface area contributed by atoms with Gasteiger partial charge in [-0.3, -0.25) is 4.90 Å². The SMILES string of the molecule is c1ccc2c(NC3CCN4CCCCC34)cnnc2c1. The lowest BCUT2D eigenvalue weighted by Crippen LogP contribution is -2.41. The zero-order valence-corrected chi connectivity index (χ0v) is 11.6. The summed E-state index contributed by atoms with van der Waals surface area (Å²) in [7, 11) is 0. The minimum atomic E-state index is 0.558. The predicted molar refractivity (Wildman–Crippen MR) is 80.8 cm³/mol. The van der Waals surface area contributed by atoms with Gasteiger partial charge in [0.1, 0.15) is 0 Å². The van der Waals surface area contributed by atoms with E-state index >= 15 is 0 Å². The minimum Gasteiger partial charge on any atom is -0.379 e. The first-order valence-electron chi connectivity index (χ1n) is 7.63. The molecule has 2 unspecified atom stereocenters. The Balaban J connectivity index is 1.61. The van der Waals surface area contributed by atoms with Crippen LogP contribution in [-0.4, -0.2) is 40.3 Å². The zero-order valence-electron chi connectivity index (χ0n) is 11.6. The fourth-order valence-corrected chi connectivity index (χ4v) is 3.74. The Morgan fingerprint density at radius 2 is 2.05 bits per heavy atom. The molecule has 0 aliphatic carbocycles. The highest BCUT2D eigenvalue weighted by atomic mass is 15.2. The lowest BCUT2D eigenvalue weighted by Gasteiger charge is -2.33. The van der Waals surface area contributed by atoms with Crippen molar-refractivity contribution in [1.82, 2.24) is 15.1 Å². The van der Waals surface area contributed by atoms with Crippen molar-refractivity contribution in [2.24, 2.45) is 0 Å². The van der Waals surface area contributed by atoms with Crippen molar-refractivity contribution in [2.45, 2.75) is 37.8 Å². The number of anilines is 1. The Morgan fingerprint density at radius 1 is 1.10 bits per heavy atom. The van der Waals surface area contributed by atoms with E-state index < -0.39 is 0 Å². The van der Waals surface area contributed by atoms with Crippen LogP contribution in [0.2, 0.25) is 0 Å². The zero-order chi connectivity index (χ0) is 13.4. The summed E-state index contributed by atoms with van der Waals surface area (Å²) in [5.74, 6) is 0. The molecule has 1 aromatic heterocycles. The molecule has 4 heteroatoms. The first-order chi connectivity index (χ1) is 9.92. The fourth-order valence-electron chi connectivity index (χ4n) is 3.74. The molecule has 2 aromatic rings. The number of hydrogen-bond donors (Lipinski definition) is 1. The minimum absolute atomic E-state index is 0.558. The van der Waals surface area contributed by atoms with Crippen LogP contribution in [0.15, 0.2) is 30.5 Å². The molecule has 2 fully saturated rings. The second-order valence-corrected chi connectivity index (χ2v) is 5.91. The first kappa shape index (κ1) is 12.1. The topological polar surface area (TPSA) is 41.0 Å². The highest BCUT2D eigenvalue weighted by molar-refractivity contribution is 5.90. The maximum atomic E-state index is 4.20. The number of fused-ring (bicyclic) bond motifs is 2. The van der Waals surface area contributed by atoms with Gasteiger partial charge in [-0.1, -0.05) is 24.6 Å². The van der Waals surface area contributed by atoms with E-state index in [1.54, 1.807) is 0 Å². The molecule has 2 aliphatic heterocycles. The van der Waals surface area contributed by atoms with Crippen molar-refractivity contribution in [1.29, 1.82) is 0 Å². The quantitative estimate of drug-likeness (QED) is 0.909. The number of nitrogens with zero attached hydrogens (tertiary/aromatic N) is 3. The second-order valence-electron chi connectivity index (χ2n) is 5.91. The Bertz CT molecular complexity index is 607. The lowest BCUT2D eigenvalue weighted by atomic mass is 9.99. The molecule has 20 heavy (non-hydrogen) atoms. The van der Waals surface area contributed by atoms with Crippen LogP contribution in [0, 0.1) is 0 Å². The van der Waals surface area contributed by atoms with Gasteiger partial charge in [-0.15, -0.1) is 0 Å².